The predicted molar refractivity (Wildman–Crippen MR) is 62.6 cm³/mol. The van der Waals surface area contributed by atoms with Crippen molar-refractivity contribution in [2.24, 2.45) is 0 Å². The maximum Gasteiger partial charge on any atom is 0.290 e. The van der Waals surface area contributed by atoms with Crippen molar-refractivity contribution in [3.63, 3.8) is 0 Å². The van der Waals surface area contributed by atoms with Gasteiger partial charge >= 0.3 is 0 Å². The first kappa shape index (κ1) is 12.3. The van der Waals surface area contributed by atoms with Crippen LogP contribution in [-0.4, -0.2) is 11.1 Å². The highest BCUT2D eigenvalue weighted by Crippen LogP contribution is 2.23. The van der Waals surface area contributed by atoms with Crippen molar-refractivity contribution in [2.45, 2.75) is 45.4 Å². The van der Waals surface area contributed by atoms with Gasteiger partial charge < -0.3 is 0 Å². The lowest BCUT2D eigenvalue weighted by Crippen LogP contribution is -2.17. The largest absolute Gasteiger partial charge is 0.290 e. The Balaban J connectivity index is 2.15. The van der Waals surface area contributed by atoms with E-state index in [-0.39, 0.29) is 11.1 Å². The van der Waals surface area contributed by atoms with Crippen molar-refractivity contribution in [1.82, 2.24) is 5.32 Å². The summed E-state index contributed by atoms with van der Waals surface area (Å²) in [6.45, 7) is 2.19. The monoisotopic (exact) mass is 227 g/mol. The van der Waals surface area contributed by atoms with Crippen LogP contribution in [0.3, 0.4) is 0 Å². The second-order valence-electron chi connectivity index (χ2n) is 3.61. The fourth-order valence-corrected chi connectivity index (χ4v) is 2.13. The number of carbonyl (C=O) groups excluding carboxylic acids is 2. The summed E-state index contributed by atoms with van der Waals surface area (Å²) < 4.78 is 0. The number of amides is 2. The molecule has 1 N–H and O–H groups in total. The first-order valence-electron chi connectivity index (χ1n) is 5.47. The van der Waals surface area contributed by atoms with Gasteiger partial charge in [-0.3, -0.25) is 14.9 Å². The Kier molecular flexibility index (Phi) is 5.47. The average Bonchev–Trinajstić information content (AvgIpc) is 2.51. The lowest BCUT2D eigenvalue weighted by atomic mass is 10.1. The van der Waals surface area contributed by atoms with Gasteiger partial charge in [0.25, 0.3) is 11.1 Å². The molecule has 0 spiro atoms. The number of nitrogens with one attached hydrogen (secondary N) is 1. The summed E-state index contributed by atoms with van der Waals surface area (Å²) >= 11 is 1.00. The number of carbonyl (C=O) groups is 2. The predicted octanol–water partition coefficient (Wildman–Crippen LogP) is 3.21. The third-order valence-electron chi connectivity index (χ3n) is 2.28. The molecule has 1 heterocycles. The van der Waals surface area contributed by atoms with Crippen molar-refractivity contribution < 1.29 is 9.59 Å². The second kappa shape index (κ2) is 6.67. The van der Waals surface area contributed by atoms with Crippen molar-refractivity contribution in [3.05, 3.63) is 11.0 Å². The van der Waals surface area contributed by atoms with Gasteiger partial charge in [-0.25, -0.2) is 0 Å². The molecule has 3 nitrogen and oxygen atoms in total. The molecule has 0 saturated carbocycles. The lowest BCUT2D eigenvalue weighted by Gasteiger charge is -1.96. The van der Waals surface area contributed by atoms with Crippen LogP contribution >= 0.6 is 11.8 Å². The van der Waals surface area contributed by atoms with Crippen molar-refractivity contribution in [2.75, 3.05) is 0 Å². The van der Waals surface area contributed by atoms with Crippen LogP contribution in [0.25, 0.3) is 0 Å². The van der Waals surface area contributed by atoms with Crippen LogP contribution in [-0.2, 0) is 4.79 Å². The van der Waals surface area contributed by atoms with Gasteiger partial charge in [0.1, 0.15) is 0 Å². The molecule has 0 unspecified atom stereocenters. The van der Waals surface area contributed by atoms with Crippen molar-refractivity contribution >= 4 is 22.9 Å². The zero-order chi connectivity index (χ0) is 11.1. The standard InChI is InChI=1S/C11H17NO2S/c1-2-3-4-5-6-7-8-9-10(13)12-11(14)15-9/h8H,2-7H2,1H3,(H,12,13,14)/b9-8-. The summed E-state index contributed by atoms with van der Waals surface area (Å²) in [6, 6.07) is 0. The van der Waals surface area contributed by atoms with Crippen molar-refractivity contribution in [3.8, 4) is 0 Å². The first-order valence-corrected chi connectivity index (χ1v) is 6.29. The molecule has 0 radical (unpaired) electrons. The van der Waals surface area contributed by atoms with E-state index < -0.39 is 0 Å². The topological polar surface area (TPSA) is 46.2 Å². The van der Waals surface area contributed by atoms with Gasteiger partial charge in [-0.15, -0.1) is 0 Å². The number of imide groups is 1. The second-order valence-corrected chi connectivity index (χ2v) is 4.63. The van der Waals surface area contributed by atoms with Gasteiger partial charge in [-0.05, 0) is 24.6 Å². The molecule has 4 heteroatoms. The fraction of sp³-hybridized carbons (Fsp3) is 0.636. The molecule has 0 aromatic rings. The highest BCUT2D eigenvalue weighted by atomic mass is 32.2. The minimum atomic E-state index is -0.253. The fourth-order valence-electron chi connectivity index (χ4n) is 1.44. The molecule has 0 aromatic heterocycles. The van der Waals surface area contributed by atoms with Crippen LogP contribution in [0.2, 0.25) is 0 Å². The number of rotatable bonds is 6. The zero-order valence-electron chi connectivity index (χ0n) is 9.04. The summed E-state index contributed by atoms with van der Waals surface area (Å²) in [4.78, 5) is 22.5. The maximum absolute atomic E-state index is 11.1. The smallest absolute Gasteiger partial charge is 0.282 e. The van der Waals surface area contributed by atoms with E-state index in [0.29, 0.717) is 4.91 Å². The van der Waals surface area contributed by atoms with E-state index in [0.717, 1.165) is 24.6 Å². The van der Waals surface area contributed by atoms with E-state index in [9.17, 15) is 9.59 Å². The number of hydrogen-bond acceptors (Lipinski definition) is 3. The maximum atomic E-state index is 11.1. The molecule has 84 valence electrons. The van der Waals surface area contributed by atoms with Crippen LogP contribution < -0.4 is 5.32 Å². The summed E-state index contributed by atoms with van der Waals surface area (Å²) in [5.41, 5.74) is 0. The number of thioether (sulfide) groups is 1. The van der Waals surface area contributed by atoms with Gasteiger partial charge in [0.2, 0.25) is 0 Å². The highest BCUT2D eigenvalue weighted by Gasteiger charge is 2.24. The SMILES string of the molecule is CCCCCCC/C=C1\SC(=O)NC1=O. The van der Waals surface area contributed by atoms with E-state index >= 15 is 0 Å². The van der Waals surface area contributed by atoms with Gasteiger partial charge in [0.15, 0.2) is 0 Å². The molecule has 15 heavy (non-hydrogen) atoms. The molecule has 0 atom stereocenters. The molecular formula is C11H17NO2S. The number of allylic oxidation sites excluding steroid dienone is 1. The quantitative estimate of drug-likeness (QED) is 0.560. The Morgan fingerprint density at radius 1 is 1.20 bits per heavy atom. The van der Waals surface area contributed by atoms with E-state index in [2.05, 4.69) is 12.2 Å². The lowest BCUT2D eigenvalue weighted by molar-refractivity contribution is -0.115. The third kappa shape index (κ3) is 4.51. The highest BCUT2D eigenvalue weighted by molar-refractivity contribution is 8.18. The minimum absolute atomic E-state index is 0.237. The van der Waals surface area contributed by atoms with E-state index in [4.69, 9.17) is 0 Å². The summed E-state index contributed by atoms with van der Waals surface area (Å²) in [7, 11) is 0. The normalized spacial score (nSPS) is 18.6. The van der Waals surface area contributed by atoms with Gasteiger partial charge in [-0.1, -0.05) is 38.7 Å². The van der Waals surface area contributed by atoms with E-state index in [1.165, 1.54) is 25.7 Å². The number of hydrogen-bond donors (Lipinski definition) is 1. The van der Waals surface area contributed by atoms with E-state index in [1.54, 1.807) is 0 Å². The average molecular weight is 227 g/mol. The molecule has 1 aliphatic rings. The van der Waals surface area contributed by atoms with Crippen LogP contribution in [0.4, 0.5) is 4.79 Å². The van der Waals surface area contributed by atoms with E-state index in [1.807, 2.05) is 6.08 Å². The molecule has 1 rings (SSSR count). The van der Waals surface area contributed by atoms with Gasteiger partial charge in [0.05, 0.1) is 4.91 Å². The van der Waals surface area contributed by atoms with Crippen LogP contribution in [0.15, 0.2) is 11.0 Å². The van der Waals surface area contributed by atoms with Crippen LogP contribution in [0.1, 0.15) is 45.4 Å². The molecule has 0 bridgehead atoms. The summed E-state index contributed by atoms with van der Waals surface area (Å²) in [5.74, 6) is -0.237. The molecular weight excluding hydrogens is 210 g/mol. The third-order valence-corrected chi connectivity index (χ3v) is 3.14. The molecule has 1 aliphatic heterocycles. The molecule has 0 aliphatic carbocycles. The summed E-state index contributed by atoms with van der Waals surface area (Å²) in [5, 5.41) is 1.99. The number of unbranched alkanes of at least 4 members (excludes halogenated alkanes) is 5. The minimum Gasteiger partial charge on any atom is -0.282 e. The Hall–Kier alpha value is -0.770. The van der Waals surface area contributed by atoms with Gasteiger partial charge in [-0.2, -0.15) is 0 Å². The van der Waals surface area contributed by atoms with Crippen LogP contribution in [0.5, 0.6) is 0 Å². The Labute approximate surface area is 94.7 Å². The van der Waals surface area contributed by atoms with Crippen LogP contribution in [0, 0.1) is 0 Å². The zero-order valence-corrected chi connectivity index (χ0v) is 9.86. The molecule has 1 fully saturated rings. The Morgan fingerprint density at radius 2 is 1.93 bits per heavy atom. The molecule has 1 saturated heterocycles. The van der Waals surface area contributed by atoms with Gasteiger partial charge in [0, 0.05) is 0 Å². The molecule has 2 amide bonds. The molecule has 0 aromatic carbocycles. The Bertz CT molecular complexity index is 274. The first-order chi connectivity index (χ1) is 7.24. The van der Waals surface area contributed by atoms with Crippen molar-refractivity contribution in [1.29, 1.82) is 0 Å². The Morgan fingerprint density at radius 3 is 2.53 bits per heavy atom. The summed E-state index contributed by atoms with van der Waals surface area (Å²) in [6.07, 6.45) is 8.86.